The van der Waals surface area contributed by atoms with Crippen molar-refractivity contribution in [3.8, 4) is 0 Å². The van der Waals surface area contributed by atoms with Crippen LogP contribution in [0.15, 0.2) is 54.6 Å². The number of imide groups is 1. The normalized spacial score (nSPS) is 22.6. The first kappa shape index (κ1) is 21.9. The van der Waals surface area contributed by atoms with Gasteiger partial charge < -0.3 is 0 Å². The molecule has 4 rings (SSSR count). The molecule has 2 aliphatic rings. The molecular formula is C23H19Cl3N2O3. The lowest BCUT2D eigenvalue weighted by Crippen LogP contribution is -2.50. The van der Waals surface area contributed by atoms with Gasteiger partial charge in [-0.25, -0.2) is 5.01 Å². The fourth-order valence-electron chi connectivity index (χ4n) is 4.15. The molecule has 3 amide bonds. The highest BCUT2D eigenvalue weighted by molar-refractivity contribution is 6.42. The van der Waals surface area contributed by atoms with E-state index in [9.17, 15) is 14.4 Å². The minimum atomic E-state index is -0.483. The van der Waals surface area contributed by atoms with Crippen molar-refractivity contribution < 1.29 is 14.4 Å². The summed E-state index contributed by atoms with van der Waals surface area (Å²) in [5, 5.41) is 3.38. The Kier molecular flexibility index (Phi) is 6.11. The van der Waals surface area contributed by atoms with Crippen molar-refractivity contribution in [3.63, 3.8) is 0 Å². The summed E-state index contributed by atoms with van der Waals surface area (Å²) >= 11 is 18.1. The van der Waals surface area contributed by atoms with E-state index in [-0.39, 0.29) is 24.3 Å². The second kappa shape index (κ2) is 8.65. The molecule has 1 aliphatic carbocycles. The predicted molar refractivity (Wildman–Crippen MR) is 120 cm³/mol. The van der Waals surface area contributed by atoms with Gasteiger partial charge in [-0.05, 0) is 54.3 Å². The van der Waals surface area contributed by atoms with Gasteiger partial charge in [0.15, 0.2) is 0 Å². The van der Waals surface area contributed by atoms with Crippen LogP contribution < -0.4 is 0 Å². The zero-order valence-corrected chi connectivity index (χ0v) is 18.9. The second-order valence-electron chi connectivity index (χ2n) is 7.76. The summed E-state index contributed by atoms with van der Waals surface area (Å²) in [5.41, 5.74) is 0.949. The number of rotatable bonds is 4. The molecule has 0 N–H and O–H groups in total. The number of benzene rings is 2. The highest BCUT2D eigenvalue weighted by Gasteiger charge is 2.53. The lowest BCUT2D eigenvalue weighted by Gasteiger charge is -2.31. The molecule has 5 nitrogen and oxygen atoms in total. The van der Waals surface area contributed by atoms with E-state index in [4.69, 9.17) is 34.8 Å². The molecule has 1 aliphatic heterocycles. The van der Waals surface area contributed by atoms with E-state index in [1.165, 1.54) is 5.01 Å². The molecular weight excluding hydrogens is 459 g/mol. The third kappa shape index (κ3) is 4.10. The summed E-state index contributed by atoms with van der Waals surface area (Å²) in [6, 6.07) is 11.2. The average molecular weight is 478 g/mol. The SMILES string of the molecule is C[C@@H]1C=CC[C@@H]2C(=O)N(N(Cc3ccc(Cl)c(Cl)c3)C(=O)c3ccc(Cl)cc3)C(=O)[C@H]12. The smallest absolute Gasteiger partial charge is 0.272 e. The number of halogens is 3. The zero-order chi connectivity index (χ0) is 22.3. The largest absolute Gasteiger partial charge is 0.273 e. The van der Waals surface area contributed by atoms with Gasteiger partial charge in [0.1, 0.15) is 0 Å². The van der Waals surface area contributed by atoms with Gasteiger partial charge in [0.2, 0.25) is 0 Å². The van der Waals surface area contributed by atoms with E-state index in [0.717, 1.165) is 5.01 Å². The number of allylic oxidation sites excluding steroid dienone is 2. The van der Waals surface area contributed by atoms with Gasteiger partial charge in [0, 0.05) is 10.6 Å². The molecule has 1 fully saturated rings. The van der Waals surface area contributed by atoms with E-state index in [0.29, 0.717) is 32.6 Å². The van der Waals surface area contributed by atoms with Crippen molar-refractivity contribution in [3.05, 3.63) is 80.8 Å². The van der Waals surface area contributed by atoms with Gasteiger partial charge in [-0.1, -0.05) is 59.9 Å². The van der Waals surface area contributed by atoms with Crippen molar-refractivity contribution in [1.82, 2.24) is 10.0 Å². The molecule has 2 aromatic carbocycles. The standard InChI is InChI=1S/C23H19Cl3N2O3/c1-13-3-2-4-17-20(13)23(31)28(22(17)30)27(12-14-5-10-18(25)19(26)11-14)21(29)15-6-8-16(24)9-7-15/h2-3,5-11,13,17,20H,4,12H2,1H3/t13-,17+,20-/m1/s1. The van der Waals surface area contributed by atoms with Crippen LogP contribution >= 0.6 is 34.8 Å². The van der Waals surface area contributed by atoms with Crippen molar-refractivity contribution in [2.75, 3.05) is 0 Å². The number of hydrazine groups is 1. The third-order valence-corrected chi connectivity index (χ3v) is 6.72. The molecule has 8 heteroatoms. The van der Waals surface area contributed by atoms with Crippen LogP contribution in [0, 0.1) is 17.8 Å². The van der Waals surface area contributed by atoms with E-state index >= 15 is 0 Å². The Bertz CT molecular complexity index is 1080. The van der Waals surface area contributed by atoms with Crippen LogP contribution in [0.4, 0.5) is 0 Å². The minimum Gasteiger partial charge on any atom is -0.272 e. The Labute approximate surface area is 195 Å². The van der Waals surface area contributed by atoms with Gasteiger partial charge in [-0.15, -0.1) is 0 Å². The average Bonchev–Trinajstić information content (AvgIpc) is 3.00. The summed E-state index contributed by atoms with van der Waals surface area (Å²) in [6.45, 7) is 1.89. The second-order valence-corrected chi connectivity index (χ2v) is 9.01. The molecule has 1 heterocycles. The molecule has 0 saturated carbocycles. The number of carbonyl (C=O) groups is 3. The summed E-state index contributed by atoms with van der Waals surface area (Å²) in [4.78, 5) is 40.0. The van der Waals surface area contributed by atoms with E-state index < -0.39 is 17.7 Å². The minimum absolute atomic E-state index is 0.0168. The van der Waals surface area contributed by atoms with Crippen LogP contribution in [0.1, 0.15) is 29.3 Å². The maximum Gasteiger partial charge on any atom is 0.273 e. The van der Waals surface area contributed by atoms with Gasteiger partial charge >= 0.3 is 0 Å². The zero-order valence-electron chi connectivity index (χ0n) is 16.6. The maximum atomic E-state index is 13.4. The lowest BCUT2D eigenvalue weighted by molar-refractivity contribution is -0.155. The van der Waals surface area contributed by atoms with Crippen molar-refractivity contribution in [2.45, 2.75) is 19.9 Å². The quantitative estimate of drug-likeness (QED) is 0.437. The molecule has 0 bridgehead atoms. The van der Waals surface area contributed by atoms with Gasteiger partial charge in [-0.3, -0.25) is 14.4 Å². The number of fused-ring (bicyclic) bond motifs is 1. The highest BCUT2D eigenvalue weighted by atomic mass is 35.5. The molecule has 0 aromatic heterocycles. The number of hydrogen-bond acceptors (Lipinski definition) is 3. The highest BCUT2D eigenvalue weighted by Crippen LogP contribution is 2.39. The Morgan fingerprint density at radius 1 is 1.03 bits per heavy atom. The number of carbonyl (C=O) groups excluding carboxylic acids is 3. The third-order valence-electron chi connectivity index (χ3n) is 5.73. The molecule has 1 saturated heterocycles. The van der Waals surface area contributed by atoms with Crippen LogP contribution in [0.25, 0.3) is 0 Å². The molecule has 2 aromatic rings. The molecule has 0 spiro atoms. The maximum absolute atomic E-state index is 13.4. The monoisotopic (exact) mass is 476 g/mol. The number of hydrogen-bond donors (Lipinski definition) is 0. The first-order chi connectivity index (χ1) is 14.8. The lowest BCUT2D eigenvalue weighted by atomic mass is 9.78. The Balaban J connectivity index is 1.73. The summed E-state index contributed by atoms with van der Waals surface area (Å²) in [6.07, 6.45) is 4.34. The molecule has 0 radical (unpaired) electrons. The van der Waals surface area contributed by atoms with Crippen LogP contribution in [0.5, 0.6) is 0 Å². The van der Waals surface area contributed by atoms with Gasteiger partial charge in [0.05, 0.1) is 28.4 Å². The fourth-order valence-corrected chi connectivity index (χ4v) is 4.60. The fraction of sp³-hybridized carbons (Fsp3) is 0.261. The van der Waals surface area contributed by atoms with Crippen LogP contribution in [-0.2, 0) is 16.1 Å². The van der Waals surface area contributed by atoms with Crippen LogP contribution in [0.3, 0.4) is 0 Å². The van der Waals surface area contributed by atoms with E-state index in [1.807, 2.05) is 19.1 Å². The van der Waals surface area contributed by atoms with Crippen LogP contribution in [-0.4, -0.2) is 27.7 Å². The van der Waals surface area contributed by atoms with Gasteiger partial charge in [-0.2, -0.15) is 5.01 Å². The summed E-state index contributed by atoms with van der Waals surface area (Å²) < 4.78 is 0. The van der Waals surface area contributed by atoms with Crippen molar-refractivity contribution in [1.29, 1.82) is 0 Å². The van der Waals surface area contributed by atoms with E-state index in [2.05, 4.69) is 0 Å². The van der Waals surface area contributed by atoms with Crippen LogP contribution in [0.2, 0.25) is 15.1 Å². The molecule has 3 atom stereocenters. The molecule has 0 unspecified atom stereocenters. The Hall–Kier alpha value is -2.34. The number of amides is 3. The van der Waals surface area contributed by atoms with Crippen molar-refractivity contribution in [2.24, 2.45) is 17.8 Å². The first-order valence-corrected chi connectivity index (χ1v) is 11.0. The summed E-state index contributed by atoms with van der Waals surface area (Å²) in [7, 11) is 0. The van der Waals surface area contributed by atoms with Gasteiger partial charge in [0.25, 0.3) is 17.7 Å². The Morgan fingerprint density at radius 2 is 1.74 bits per heavy atom. The van der Waals surface area contributed by atoms with Crippen molar-refractivity contribution >= 4 is 52.5 Å². The molecule has 31 heavy (non-hydrogen) atoms. The van der Waals surface area contributed by atoms with E-state index in [1.54, 1.807) is 42.5 Å². The number of nitrogens with zero attached hydrogens (tertiary/aromatic N) is 2. The topological polar surface area (TPSA) is 57.7 Å². The predicted octanol–water partition coefficient (Wildman–Crippen LogP) is 5.40. The summed E-state index contributed by atoms with van der Waals surface area (Å²) in [5.74, 6) is -2.25. The first-order valence-electron chi connectivity index (χ1n) is 9.83. The molecule has 160 valence electrons. The Morgan fingerprint density at radius 3 is 2.39 bits per heavy atom.